The van der Waals surface area contributed by atoms with Crippen molar-refractivity contribution in [2.24, 2.45) is 0 Å². The van der Waals surface area contributed by atoms with Crippen LogP contribution in [0.2, 0.25) is 0 Å². The maximum Gasteiger partial charge on any atom is 0.274 e. The molecule has 0 bridgehead atoms. The summed E-state index contributed by atoms with van der Waals surface area (Å²) >= 11 is 0. The smallest absolute Gasteiger partial charge is 0.274 e. The van der Waals surface area contributed by atoms with E-state index in [1.54, 1.807) is 12.3 Å². The highest BCUT2D eigenvalue weighted by Gasteiger charge is 2.23. The van der Waals surface area contributed by atoms with Crippen LogP contribution >= 0.6 is 0 Å². The molecular weight excluding hydrogens is 276 g/mol. The van der Waals surface area contributed by atoms with Crippen molar-refractivity contribution < 1.29 is 4.79 Å². The van der Waals surface area contributed by atoms with Crippen LogP contribution in [0, 0.1) is 0 Å². The SMILES string of the molecule is O=C(Nc1nc2ccccc2n1C1CCCC1)c1ccc[nH]1. The number of rotatable bonds is 3. The summed E-state index contributed by atoms with van der Waals surface area (Å²) in [5.74, 6) is 0.493. The van der Waals surface area contributed by atoms with E-state index >= 15 is 0 Å². The molecule has 1 fully saturated rings. The fourth-order valence-electron chi connectivity index (χ4n) is 3.31. The summed E-state index contributed by atoms with van der Waals surface area (Å²) in [5, 5.41) is 2.96. The summed E-state index contributed by atoms with van der Waals surface area (Å²) in [6.45, 7) is 0. The van der Waals surface area contributed by atoms with Gasteiger partial charge in [0, 0.05) is 12.2 Å². The van der Waals surface area contributed by atoms with Crippen LogP contribution in [-0.2, 0) is 0 Å². The molecule has 1 aliphatic rings. The van der Waals surface area contributed by atoms with Crippen LogP contribution in [0.3, 0.4) is 0 Å². The monoisotopic (exact) mass is 294 g/mol. The Morgan fingerprint density at radius 3 is 2.77 bits per heavy atom. The Kier molecular flexibility index (Phi) is 3.18. The molecule has 1 amide bonds. The van der Waals surface area contributed by atoms with Gasteiger partial charge in [0.05, 0.1) is 11.0 Å². The first-order valence-corrected chi connectivity index (χ1v) is 7.74. The lowest BCUT2D eigenvalue weighted by Gasteiger charge is -2.16. The van der Waals surface area contributed by atoms with Crippen LogP contribution in [0.25, 0.3) is 11.0 Å². The van der Waals surface area contributed by atoms with Crippen molar-refractivity contribution in [3.8, 4) is 0 Å². The van der Waals surface area contributed by atoms with E-state index in [9.17, 15) is 4.79 Å². The standard InChI is InChI=1S/C17H18N4O/c22-16(14-9-5-11-18-14)20-17-19-13-8-3-4-10-15(13)21(17)12-6-1-2-7-12/h3-5,8-12,18H,1-2,6-7H2,(H,19,20,22). The number of hydrogen-bond donors (Lipinski definition) is 2. The van der Waals surface area contributed by atoms with Gasteiger partial charge in [0.2, 0.25) is 5.95 Å². The van der Waals surface area contributed by atoms with Gasteiger partial charge in [-0.25, -0.2) is 4.98 Å². The highest BCUT2D eigenvalue weighted by molar-refractivity contribution is 6.02. The second kappa shape index (κ2) is 5.33. The van der Waals surface area contributed by atoms with Gasteiger partial charge in [0.15, 0.2) is 0 Å². The third kappa shape index (κ3) is 2.19. The molecule has 0 saturated heterocycles. The Bertz CT molecular complexity index is 797. The lowest BCUT2D eigenvalue weighted by Crippen LogP contribution is -2.18. The Hall–Kier alpha value is -2.56. The number of hydrogen-bond acceptors (Lipinski definition) is 2. The summed E-state index contributed by atoms with van der Waals surface area (Å²) in [6, 6.07) is 12.1. The highest BCUT2D eigenvalue weighted by atomic mass is 16.2. The molecule has 1 saturated carbocycles. The fourth-order valence-corrected chi connectivity index (χ4v) is 3.31. The molecule has 0 spiro atoms. The average molecular weight is 294 g/mol. The lowest BCUT2D eigenvalue weighted by atomic mass is 10.2. The van der Waals surface area contributed by atoms with Crippen molar-refractivity contribution in [3.63, 3.8) is 0 Å². The number of benzene rings is 1. The van der Waals surface area contributed by atoms with Gasteiger partial charge in [-0.15, -0.1) is 0 Å². The van der Waals surface area contributed by atoms with E-state index in [0.717, 1.165) is 23.9 Å². The molecule has 2 heterocycles. The number of para-hydroxylation sites is 2. The van der Waals surface area contributed by atoms with Crippen molar-refractivity contribution in [2.45, 2.75) is 31.7 Å². The van der Waals surface area contributed by atoms with Crippen LogP contribution in [0.5, 0.6) is 0 Å². The Labute approximate surface area is 128 Å². The van der Waals surface area contributed by atoms with Crippen molar-refractivity contribution in [1.29, 1.82) is 0 Å². The molecule has 0 aliphatic heterocycles. The first kappa shape index (κ1) is 13.1. The number of aromatic nitrogens is 3. The number of anilines is 1. The van der Waals surface area contributed by atoms with Crippen LogP contribution in [0.4, 0.5) is 5.95 Å². The molecule has 2 aromatic heterocycles. The molecule has 2 N–H and O–H groups in total. The molecule has 3 aromatic rings. The predicted octanol–water partition coefficient (Wildman–Crippen LogP) is 3.73. The van der Waals surface area contributed by atoms with Crippen molar-refractivity contribution in [1.82, 2.24) is 14.5 Å². The number of nitrogens with one attached hydrogen (secondary N) is 2. The number of imidazole rings is 1. The maximum absolute atomic E-state index is 12.3. The van der Waals surface area contributed by atoms with Gasteiger partial charge in [-0.1, -0.05) is 25.0 Å². The first-order valence-electron chi connectivity index (χ1n) is 7.74. The Morgan fingerprint density at radius 2 is 2.00 bits per heavy atom. The molecule has 1 aliphatic carbocycles. The molecule has 112 valence electrons. The number of fused-ring (bicyclic) bond motifs is 1. The van der Waals surface area contributed by atoms with Crippen molar-refractivity contribution in [2.75, 3.05) is 5.32 Å². The zero-order valence-electron chi connectivity index (χ0n) is 12.2. The van der Waals surface area contributed by atoms with Gasteiger partial charge < -0.3 is 9.55 Å². The van der Waals surface area contributed by atoms with Gasteiger partial charge >= 0.3 is 0 Å². The summed E-state index contributed by atoms with van der Waals surface area (Å²) < 4.78 is 2.20. The molecule has 0 radical (unpaired) electrons. The van der Waals surface area contributed by atoms with E-state index in [0.29, 0.717) is 17.7 Å². The molecule has 1 aromatic carbocycles. The number of nitrogens with zero attached hydrogens (tertiary/aromatic N) is 2. The average Bonchev–Trinajstić information content (AvgIpc) is 3.27. The molecule has 0 atom stereocenters. The van der Waals surface area contributed by atoms with Gasteiger partial charge in [-0.3, -0.25) is 10.1 Å². The molecule has 5 heteroatoms. The Morgan fingerprint density at radius 1 is 1.18 bits per heavy atom. The second-order valence-electron chi connectivity index (χ2n) is 5.77. The number of carbonyl (C=O) groups excluding carboxylic acids is 1. The van der Waals surface area contributed by atoms with Crippen molar-refractivity contribution >= 4 is 22.9 Å². The summed E-state index contributed by atoms with van der Waals surface area (Å²) in [4.78, 5) is 19.9. The largest absolute Gasteiger partial charge is 0.357 e. The fraction of sp³-hybridized carbons (Fsp3) is 0.294. The summed E-state index contributed by atoms with van der Waals surface area (Å²) in [6.07, 6.45) is 6.51. The number of carbonyl (C=O) groups is 1. The van der Waals surface area contributed by atoms with Crippen molar-refractivity contribution in [3.05, 3.63) is 48.3 Å². The van der Waals surface area contributed by atoms with E-state index < -0.39 is 0 Å². The maximum atomic E-state index is 12.3. The molecular formula is C17H18N4O. The first-order chi connectivity index (χ1) is 10.8. The van der Waals surface area contributed by atoms with Gasteiger partial charge in [0.25, 0.3) is 5.91 Å². The van der Waals surface area contributed by atoms with E-state index in [2.05, 4.69) is 25.9 Å². The quantitative estimate of drug-likeness (QED) is 0.773. The molecule has 0 unspecified atom stereocenters. The minimum absolute atomic E-state index is 0.153. The molecule has 22 heavy (non-hydrogen) atoms. The van der Waals surface area contributed by atoms with E-state index in [4.69, 9.17) is 0 Å². The third-order valence-electron chi connectivity index (χ3n) is 4.35. The number of amides is 1. The zero-order valence-corrected chi connectivity index (χ0v) is 12.2. The van der Waals surface area contributed by atoms with Gasteiger partial charge in [-0.2, -0.15) is 0 Å². The molecule has 5 nitrogen and oxygen atoms in total. The van der Waals surface area contributed by atoms with Gasteiger partial charge in [-0.05, 0) is 37.1 Å². The minimum Gasteiger partial charge on any atom is -0.357 e. The normalized spacial score (nSPS) is 15.5. The third-order valence-corrected chi connectivity index (χ3v) is 4.35. The van der Waals surface area contributed by atoms with E-state index in [-0.39, 0.29) is 5.91 Å². The molecule has 4 rings (SSSR count). The predicted molar refractivity (Wildman–Crippen MR) is 86.0 cm³/mol. The topological polar surface area (TPSA) is 62.7 Å². The second-order valence-corrected chi connectivity index (χ2v) is 5.77. The van der Waals surface area contributed by atoms with Gasteiger partial charge in [0.1, 0.15) is 5.69 Å². The summed E-state index contributed by atoms with van der Waals surface area (Å²) in [5.41, 5.74) is 2.57. The van der Waals surface area contributed by atoms with Crippen LogP contribution in [0.15, 0.2) is 42.6 Å². The minimum atomic E-state index is -0.153. The van der Waals surface area contributed by atoms with E-state index in [1.165, 1.54) is 12.8 Å². The summed E-state index contributed by atoms with van der Waals surface area (Å²) in [7, 11) is 0. The lowest BCUT2D eigenvalue weighted by molar-refractivity contribution is 0.102. The Balaban J connectivity index is 1.75. The van der Waals surface area contributed by atoms with Crippen LogP contribution < -0.4 is 5.32 Å². The number of H-pyrrole nitrogens is 1. The van der Waals surface area contributed by atoms with Crippen LogP contribution in [-0.4, -0.2) is 20.4 Å². The number of aromatic amines is 1. The van der Waals surface area contributed by atoms with Crippen LogP contribution in [0.1, 0.15) is 42.2 Å². The zero-order chi connectivity index (χ0) is 14.9. The van der Waals surface area contributed by atoms with E-state index in [1.807, 2.05) is 24.3 Å². The highest BCUT2D eigenvalue weighted by Crippen LogP contribution is 2.35.